The van der Waals surface area contributed by atoms with Crippen LogP contribution in [0.5, 0.6) is 0 Å². The van der Waals surface area contributed by atoms with Gasteiger partial charge in [0, 0.05) is 35.5 Å². The van der Waals surface area contributed by atoms with Gasteiger partial charge in [-0.15, -0.1) is 0 Å². The van der Waals surface area contributed by atoms with Crippen LogP contribution in [0.1, 0.15) is 29.9 Å². The molecule has 2 rings (SSSR count). The second-order valence-electron chi connectivity index (χ2n) is 4.98. The van der Waals surface area contributed by atoms with Crippen LogP contribution >= 0.6 is 11.8 Å². The molecule has 1 fully saturated rings. The molecule has 1 aromatic heterocycles. The number of nitrogens with zero attached hydrogens (tertiary/aromatic N) is 2. The van der Waals surface area contributed by atoms with Crippen molar-refractivity contribution in [2.75, 3.05) is 18.5 Å². The van der Waals surface area contributed by atoms with E-state index in [4.69, 9.17) is 5.84 Å². The lowest BCUT2D eigenvalue weighted by atomic mass is 10.1. The van der Waals surface area contributed by atoms with Crippen molar-refractivity contribution in [3.63, 3.8) is 0 Å². The van der Waals surface area contributed by atoms with E-state index in [1.165, 1.54) is 0 Å². The van der Waals surface area contributed by atoms with Crippen LogP contribution in [0.2, 0.25) is 0 Å². The standard InChI is InChI=1S/C13H20N4OS/c1-8-4-12(16-14)11(5-15-8)13(18)17-6-9(2)19-10(3)7-17/h4-5,9-10H,6-7,14H2,1-3H3,(H,15,16). The van der Waals surface area contributed by atoms with E-state index < -0.39 is 0 Å². The van der Waals surface area contributed by atoms with Gasteiger partial charge in [-0.3, -0.25) is 15.6 Å². The lowest BCUT2D eigenvalue weighted by Gasteiger charge is -2.34. The molecule has 0 aliphatic carbocycles. The van der Waals surface area contributed by atoms with Gasteiger partial charge in [-0.2, -0.15) is 11.8 Å². The number of carbonyl (C=O) groups excluding carboxylic acids is 1. The van der Waals surface area contributed by atoms with Crippen molar-refractivity contribution in [3.8, 4) is 0 Å². The Labute approximate surface area is 117 Å². The molecular weight excluding hydrogens is 260 g/mol. The average molecular weight is 280 g/mol. The summed E-state index contributed by atoms with van der Waals surface area (Å²) in [6.45, 7) is 7.71. The van der Waals surface area contributed by atoms with Crippen LogP contribution in [0.15, 0.2) is 12.3 Å². The van der Waals surface area contributed by atoms with E-state index in [0.717, 1.165) is 18.8 Å². The van der Waals surface area contributed by atoms with E-state index in [0.29, 0.717) is 21.8 Å². The highest BCUT2D eigenvalue weighted by Crippen LogP contribution is 2.27. The van der Waals surface area contributed by atoms with Crippen LogP contribution in [-0.2, 0) is 0 Å². The van der Waals surface area contributed by atoms with E-state index in [2.05, 4.69) is 24.3 Å². The van der Waals surface area contributed by atoms with Gasteiger partial charge in [0.1, 0.15) is 0 Å². The first-order valence-electron chi connectivity index (χ1n) is 6.39. The Morgan fingerprint density at radius 1 is 1.47 bits per heavy atom. The molecule has 5 nitrogen and oxygen atoms in total. The molecule has 0 bridgehead atoms. The first-order chi connectivity index (χ1) is 9.01. The van der Waals surface area contributed by atoms with Crippen LogP contribution in [0.4, 0.5) is 5.69 Å². The molecule has 1 aliphatic heterocycles. The summed E-state index contributed by atoms with van der Waals surface area (Å²) in [5, 5.41) is 0.917. The molecule has 1 amide bonds. The number of amides is 1. The topological polar surface area (TPSA) is 71.2 Å². The molecule has 2 atom stereocenters. The van der Waals surface area contributed by atoms with Crippen LogP contribution in [-0.4, -0.2) is 39.4 Å². The molecule has 0 spiro atoms. The zero-order valence-corrected chi connectivity index (χ0v) is 12.3. The van der Waals surface area contributed by atoms with Gasteiger partial charge in [-0.25, -0.2) is 0 Å². The predicted molar refractivity (Wildman–Crippen MR) is 79.2 cm³/mol. The fraction of sp³-hybridized carbons (Fsp3) is 0.538. The second-order valence-corrected chi connectivity index (χ2v) is 6.86. The molecular formula is C13H20N4OS. The Hall–Kier alpha value is -1.27. The van der Waals surface area contributed by atoms with Crippen LogP contribution in [0.25, 0.3) is 0 Å². The number of nitrogens with two attached hydrogens (primary N) is 1. The zero-order valence-electron chi connectivity index (χ0n) is 11.5. The Bertz CT molecular complexity index is 470. The summed E-state index contributed by atoms with van der Waals surface area (Å²) >= 11 is 1.92. The van der Waals surface area contributed by atoms with Gasteiger partial charge >= 0.3 is 0 Å². The maximum absolute atomic E-state index is 12.6. The fourth-order valence-corrected chi connectivity index (χ4v) is 3.69. The van der Waals surface area contributed by atoms with Crippen LogP contribution in [0, 0.1) is 6.92 Å². The van der Waals surface area contributed by atoms with E-state index in [1.54, 1.807) is 12.3 Å². The second kappa shape index (κ2) is 5.79. The Kier molecular flexibility index (Phi) is 4.31. The number of rotatable bonds is 2. The largest absolute Gasteiger partial charge is 0.336 e. The van der Waals surface area contributed by atoms with Crippen LogP contribution in [0.3, 0.4) is 0 Å². The summed E-state index contributed by atoms with van der Waals surface area (Å²) < 4.78 is 0. The van der Waals surface area contributed by atoms with E-state index in [9.17, 15) is 4.79 Å². The Morgan fingerprint density at radius 3 is 2.68 bits per heavy atom. The van der Waals surface area contributed by atoms with Gasteiger partial charge in [0.2, 0.25) is 0 Å². The fourth-order valence-electron chi connectivity index (χ4n) is 2.36. The molecule has 2 unspecified atom stereocenters. The molecule has 3 N–H and O–H groups in total. The number of thioether (sulfide) groups is 1. The number of aromatic nitrogens is 1. The number of aryl methyl sites for hydroxylation is 1. The lowest BCUT2D eigenvalue weighted by molar-refractivity contribution is 0.0754. The van der Waals surface area contributed by atoms with Gasteiger partial charge < -0.3 is 10.3 Å². The van der Waals surface area contributed by atoms with Crippen molar-refractivity contribution in [1.29, 1.82) is 0 Å². The molecule has 0 aromatic carbocycles. The minimum atomic E-state index is -0.000509. The van der Waals surface area contributed by atoms with E-state index >= 15 is 0 Å². The quantitative estimate of drug-likeness (QED) is 0.636. The minimum absolute atomic E-state index is 0.000509. The SMILES string of the molecule is Cc1cc(NN)c(C(=O)N2CC(C)SC(C)C2)cn1. The number of hydrogen-bond acceptors (Lipinski definition) is 5. The lowest BCUT2D eigenvalue weighted by Crippen LogP contribution is -2.44. The number of carbonyl (C=O) groups is 1. The van der Waals surface area contributed by atoms with Crippen molar-refractivity contribution < 1.29 is 4.79 Å². The Balaban J connectivity index is 2.24. The summed E-state index contributed by atoms with van der Waals surface area (Å²) in [6.07, 6.45) is 1.60. The van der Waals surface area contributed by atoms with Crippen molar-refractivity contribution in [2.24, 2.45) is 5.84 Å². The highest BCUT2D eigenvalue weighted by Gasteiger charge is 2.27. The third-order valence-corrected chi connectivity index (χ3v) is 4.36. The molecule has 6 heteroatoms. The number of anilines is 1. The highest BCUT2D eigenvalue weighted by molar-refractivity contribution is 8.00. The Morgan fingerprint density at radius 2 is 2.11 bits per heavy atom. The van der Waals surface area contributed by atoms with Crippen molar-refractivity contribution in [1.82, 2.24) is 9.88 Å². The monoisotopic (exact) mass is 280 g/mol. The third-order valence-electron chi connectivity index (χ3n) is 3.13. The summed E-state index contributed by atoms with van der Waals surface area (Å²) in [4.78, 5) is 18.6. The molecule has 0 radical (unpaired) electrons. The summed E-state index contributed by atoms with van der Waals surface area (Å²) in [6, 6.07) is 1.79. The average Bonchev–Trinajstić information content (AvgIpc) is 2.36. The summed E-state index contributed by atoms with van der Waals surface area (Å²) in [5.74, 6) is 5.49. The molecule has 1 aliphatic rings. The summed E-state index contributed by atoms with van der Waals surface area (Å²) in [5.41, 5.74) is 4.60. The number of hydrazine groups is 1. The molecule has 1 saturated heterocycles. The minimum Gasteiger partial charge on any atom is -0.336 e. The first kappa shape index (κ1) is 14.1. The predicted octanol–water partition coefficient (Wildman–Crippen LogP) is 1.64. The molecule has 2 heterocycles. The highest BCUT2D eigenvalue weighted by atomic mass is 32.2. The van der Waals surface area contributed by atoms with Gasteiger partial charge in [0.25, 0.3) is 5.91 Å². The maximum Gasteiger partial charge on any atom is 0.257 e. The maximum atomic E-state index is 12.6. The van der Waals surface area contributed by atoms with E-state index in [1.807, 2.05) is 23.6 Å². The third kappa shape index (κ3) is 3.19. The van der Waals surface area contributed by atoms with Gasteiger partial charge in [0.05, 0.1) is 11.3 Å². The first-order valence-corrected chi connectivity index (χ1v) is 7.33. The molecule has 19 heavy (non-hydrogen) atoms. The smallest absolute Gasteiger partial charge is 0.257 e. The van der Waals surface area contributed by atoms with Crippen LogP contribution < -0.4 is 11.3 Å². The van der Waals surface area contributed by atoms with E-state index in [-0.39, 0.29) is 5.91 Å². The number of nitrogen functional groups attached to an aromatic ring is 1. The number of nitrogens with one attached hydrogen (secondary N) is 1. The number of hydrogen-bond donors (Lipinski definition) is 2. The zero-order chi connectivity index (χ0) is 14.0. The normalized spacial score (nSPS) is 23.3. The molecule has 104 valence electrons. The van der Waals surface area contributed by atoms with Crippen molar-refractivity contribution in [3.05, 3.63) is 23.5 Å². The number of pyridine rings is 1. The van der Waals surface area contributed by atoms with Crippen molar-refractivity contribution >= 4 is 23.4 Å². The molecule has 0 saturated carbocycles. The van der Waals surface area contributed by atoms with Crippen molar-refractivity contribution in [2.45, 2.75) is 31.3 Å². The molecule has 1 aromatic rings. The van der Waals surface area contributed by atoms with Gasteiger partial charge in [-0.1, -0.05) is 13.8 Å². The summed E-state index contributed by atoms with van der Waals surface area (Å²) in [7, 11) is 0. The van der Waals surface area contributed by atoms with Gasteiger partial charge in [0.15, 0.2) is 0 Å². The van der Waals surface area contributed by atoms with Gasteiger partial charge in [-0.05, 0) is 13.0 Å².